The maximum Gasteiger partial charge on any atom is 0.0779 e. The number of aryl methyl sites for hydroxylation is 1. The molecule has 2 N–H and O–H groups in total. The Labute approximate surface area is 122 Å². The molecule has 0 aliphatic heterocycles. The Bertz CT molecular complexity index is 326. The fraction of sp³-hybridized carbons (Fsp3) is 0.647. The monoisotopic (exact) mass is 280 g/mol. The van der Waals surface area contributed by atoms with Gasteiger partial charge in [-0.05, 0) is 31.7 Å². The van der Waals surface area contributed by atoms with Crippen molar-refractivity contribution < 1.29 is 14.9 Å². The van der Waals surface area contributed by atoms with Gasteiger partial charge in [0.25, 0.3) is 0 Å². The maximum atomic E-state index is 9.72. The third-order valence-corrected chi connectivity index (χ3v) is 3.43. The molecule has 0 saturated carbocycles. The van der Waals surface area contributed by atoms with E-state index in [2.05, 4.69) is 24.3 Å². The van der Waals surface area contributed by atoms with Gasteiger partial charge >= 0.3 is 0 Å². The Hall–Kier alpha value is -0.900. The lowest BCUT2D eigenvalue weighted by Crippen LogP contribution is -2.21. The van der Waals surface area contributed by atoms with Crippen LogP contribution in [0.3, 0.4) is 0 Å². The molecule has 0 amide bonds. The van der Waals surface area contributed by atoms with Gasteiger partial charge in [-0.1, -0.05) is 49.6 Å². The lowest BCUT2D eigenvalue weighted by molar-refractivity contribution is -0.0259. The number of ether oxygens (including phenoxy) is 1. The highest BCUT2D eigenvalue weighted by atomic mass is 16.5. The van der Waals surface area contributed by atoms with Gasteiger partial charge in [0.05, 0.1) is 25.4 Å². The molecule has 0 spiro atoms. The predicted octanol–water partition coefficient (Wildman–Crippen LogP) is 2.94. The zero-order valence-corrected chi connectivity index (χ0v) is 12.5. The third-order valence-electron chi connectivity index (χ3n) is 3.43. The van der Waals surface area contributed by atoms with Crippen molar-refractivity contribution in [2.45, 2.75) is 57.7 Å². The highest BCUT2D eigenvalue weighted by Crippen LogP contribution is 2.10. The van der Waals surface area contributed by atoms with Gasteiger partial charge in [-0.2, -0.15) is 0 Å². The van der Waals surface area contributed by atoms with Gasteiger partial charge in [-0.25, -0.2) is 0 Å². The Morgan fingerprint density at radius 3 is 2.45 bits per heavy atom. The highest BCUT2D eigenvalue weighted by Gasteiger charge is 2.07. The molecule has 2 unspecified atom stereocenters. The molecule has 0 bridgehead atoms. The zero-order valence-electron chi connectivity index (χ0n) is 12.5. The number of hydrogen-bond donors (Lipinski definition) is 2. The van der Waals surface area contributed by atoms with Gasteiger partial charge in [0, 0.05) is 0 Å². The molecule has 0 saturated heterocycles. The molecule has 1 rings (SSSR count). The van der Waals surface area contributed by atoms with Crippen LogP contribution in [0.1, 0.15) is 44.6 Å². The van der Waals surface area contributed by atoms with Gasteiger partial charge in [0.2, 0.25) is 0 Å². The Morgan fingerprint density at radius 2 is 1.75 bits per heavy atom. The first-order valence-electron chi connectivity index (χ1n) is 7.67. The Balaban J connectivity index is 1.94. The van der Waals surface area contributed by atoms with Crippen LogP contribution >= 0.6 is 0 Å². The van der Waals surface area contributed by atoms with Crippen molar-refractivity contribution in [3.05, 3.63) is 35.9 Å². The molecule has 20 heavy (non-hydrogen) atoms. The summed E-state index contributed by atoms with van der Waals surface area (Å²) < 4.78 is 5.29. The highest BCUT2D eigenvalue weighted by molar-refractivity contribution is 5.14. The van der Waals surface area contributed by atoms with E-state index in [0.29, 0.717) is 6.61 Å². The normalized spacial score (nSPS) is 14.2. The molecule has 114 valence electrons. The second-order valence-electron chi connectivity index (χ2n) is 5.42. The second-order valence-corrected chi connectivity index (χ2v) is 5.42. The first-order valence-corrected chi connectivity index (χ1v) is 7.67. The molecule has 0 heterocycles. The summed E-state index contributed by atoms with van der Waals surface area (Å²) in [5.74, 6) is 0. The minimum atomic E-state index is -0.405. The van der Waals surface area contributed by atoms with Crippen molar-refractivity contribution in [2.75, 3.05) is 13.2 Å². The topological polar surface area (TPSA) is 49.7 Å². The minimum absolute atomic E-state index is 0.00616. The predicted molar refractivity (Wildman–Crippen MR) is 81.7 cm³/mol. The van der Waals surface area contributed by atoms with Crippen LogP contribution in [-0.2, 0) is 11.2 Å². The molecule has 0 aromatic heterocycles. The van der Waals surface area contributed by atoms with E-state index in [4.69, 9.17) is 9.84 Å². The van der Waals surface area contributed by atoms with Crippen LogP contribution in [0.15, 0.2) is 30.3 Å². The van der Waals surface area contributed by atoms with Crippen LogP contribution < -0.4 is 0 Å². The SMILES string of the molecule is CC(CO)OCC(O)CCCCCCc1ccccc1. The summed E-state index contributed by atoms with van der Waals surface area (Å²) >= 11 is 0. The van der Waals surface area contributed by atoms with Gasteiger partial charge in [0.1, 0.15) is 0 Å². The van der Waals surface area contributed by atoms with Gasteiger partial charge in [0.15, 0.2) is 0 Å². The van der Waals surface area contributed by atoms with E-state index >= 15 is 0 Å². The number of aliphatic hydroxyl groups excluding tert-OH is 2. The van der Waals surface area contributed by atoms with E-state index in [1.165, 1.54) is 18.4 Å². The first-order chi connectivity index (χ1) is 9.72. The van der Waals surface area contributed by atoms with E-state index in [1.54, 1.807) is 6.92 Å². The molecular weight excluding hydrogens is 252 g/mol. The van der Waals surface area contributed by atoms with Gasteiger partial charge < -0.3 is 14.9 Å². The van der Waals surface area contributed by atoms with Crippen LogP contribution in [0, 0.1) is 0 Å². The summed E-state index contributed by atoms with van der Waals surface area (Å²) in [5, 5.41) is 18.5. The van der Waals surface area contributed by atoms with E-state index < -0.39 is 6.10 Å². The molecule has 2 atom stereocenters. The quantitative estimate of drug-likeness (QED) is 0.613. The van der Waals surface area contributed by atoms with E-state index in [0.717, 1.165) is 25.7 Å². The maximum absolute atomic E-state index is 9.72. The summed E-state index contributed by atoms with van der Waals surface area (Å²) in [6.45, 7) is 2.13. The van der Waals surface area contributed by atoms with Gasteiger partial charge in [-0.3, -0.25) is 0 Å². The van der Waals surface area contributed by atoms with Crippen LogP contribution in [0.25, 0.3) is 0 Å². The smallest absolute Gasteiger partial charge is 0.0779 e. The summed E-state index contributed by atoms with van der Waals surface area (Å²) in [7, 11) is 0. The average Bonchev–Trinajstić information content (AvgIpc) is 2.49. The lowest BCUT2D eigenvalue weighted by atomic mass is 10.0. The zero-order chi connectivity index (χ0) is 14.6. The summed E-state index contributed by atoms with van der Waals surface area (Å²) in [6.07, 6.45) is 5.93. The van der Waals surface area contributed by atoms with Crippen LogP contribution in [0.5, 0.6) is 0 Å². The lowest BCUT2D eigenvalue weighted by Gasteiger charge is -2.14. The number of rotatable bonds is 11. The number of aliphatic hydroxyl groups is 2. The fourth-order valence-electron chi connectivity index (χ4n) is 2.12. The summed E-state index contributed by atoms with van der Waals surface area (Å²) in [4.78, 5) is 0. The molecule has 1 aromatic rings. The first kappa shape index (κ1) is 17.2. The fourth-order valence-corrected chi connectivity index (χ4v) is 2.12. The Morgan fingerprint density at radius 1 is 1.05 bits per heavy atom. The number of benzene rings is 1. The van der Waals surface area contributed by atoms with Crippen LogP contribution in [0.4, 0.5) is 0 Å². The Kier molecular flexibility index (Phi) is 9.29. The standard InChI is InChI=1S/C17H28O3/c1-15(13-18)20-14-17(19)12-8-3-2-5-9-16-10-6-4-7-11-16/h4,6-7,10-11,15,17-19H,2-3,5,8-9,12-14H2,1H3. The van der Waals surface area contributed by atoms with E-state index in [1.807, 2.05) is 6.07 Å². The van der Waals surface area contributed by atoms with Crippen LogP contribution in [-0.4, -0.2) is 35.6 Å². The van der Waals surface area contributed by atoms with Crippen molar-refractivity contribution in [3.8, 4) is 0 Å². The number of hydrogen-bond acceptors (Lipinski definition) is 3. The molecule has 0 aliphatic carbocycles. The molecule has 3 nitrogen and oxygen atoms in total. The minimum Gasteiger partial charge on any atom is -0.394 e. The molecule has 0 radical (unpaired) electrons. The van der Waals surface area contributed by atoms with Crippen molar-refractivity contribution >= 4 is 0 Å². The van der Waals surface area contributed by atoms with Crippen LogP contribution in [0.2, 0.25) is 0 Å². The summed E-state index contributed by atoms with van der Waals surface area (Å²) in [5.41, 5.74) is 1.40. The average molecular weight is 280 g/mol. The molecular formula is C17H28O3. The van der Waals surface area contributed by atoms with Crippen molar-refractivity contribution in [1.82, 2.24) is 0 Å². The van der Waals surface area contributed by atoms with E-state index in [-0.39, 0.29) is 12.7 Å². The largest absolute Gasteiger partial charge is 0.394 e. The summed E-state index contributed by atoms with van der Waals surface area (Å²) in [6, 6.07) is 10.6. The number of unbranched alkanes of at least 4 members (excludes halogenated alkanes) is 3. The molecule has 0 fully saturated rings. The molecule has 1 aromatic carbocycles. The molecule has 0 aliphatic rings. The van der Waals surface area contributed by atoms with Gasteiger partial charge in [-0.15, -0.1) is 0 Å². The third kappa shape index (κ3) is 8.31. The second kappa shape index (κ2) is 10.8. The van der Waals surface area contributed by atoms with Crippen molar-refractivity contribution in [1.29, 1.82) is 0 Å². The molecule has 3 heteroatoms. The van der Waals surface area contributed by atoms with Crippen molar-refractivity contribution in [3.63, 3.8) is 0 Å². The van der Waals surface area contributed by atoms with Crippen molar-refractivity contribution in [2.24, 2.45) is 0 Å². The van der Waals surface area contributed by atoms with E-state index in [9.17, 15) is 5.11 Å².